The van der Waals surface area contributed by atoms with Gasteiger partial charge in [0, 0.05) is 28.8 Å². The van der Waals surface area contributed by atoms with Gasteiger partial charge in [-0.2, -0.15) is 0 Å². The Morgan fingerprint density at radius 3 is 2.61 bits per heavy atom. The minimum atomic E-state index is -0.314. The molecule has 0 radical (unpaired) electrons. The number of benzene rings is 3. The molecule has 2 amide bonds. The van der Waals surface area contributed by atoms with Gasteiger partial charge in [-0.25, -0.2) is 9.18 Å². The molecule has 3 aromatic carbocycles. The van der Waals surface area contributed by atoms with Crippen LogP contribution in [0.2, 0.25) is 0 Å². The highest BCUT2D eigenvalue weighted by atomic mass is 19.1. The quantitative estimate of drug-likeness (QED) is 0.422. The van der Waals surface area contributed by atoms with Crippen molar-refractivity contribution in [3.05, 3.63) is 101 Å². The average Bonchev–Trinajstić information content (AvgIpc) is 3.18. The van der Waals surface area contributed by atoms with Crippen LogP contribution in [0.4, 0.5) is 14.9 Å². The number of amides is 2. The van der Waals surface area contributed by atoms with Crippen LogP contribution in [0.15, 0.2) is 72.8 Å². The van der Waals surface area contributed by atoms with Crippen molar-refractivity contribution in [3.8, 4) is 0 Å². The Hall–Kier alpha value is -3.60. The Morgan fingerprint density at radius 1 is 1.06 bits per heavy atom. The Morgan fingerprint density at radius 2 is 1.81 bits per heavy atom. The third-order valence-corrected chi connectivity index (χ3v) is 6.12. The zero-order valence-electron chi connectivity index (χ0n) is 17.4. The number of urea groups is 1. The second-order valence-corrected chi connectivity index (χ2v) is 7.90. The van der Waals surface area contributed by atoms with Crippen molar-refractivity contribution in [2.24, 2.45) is 0 Å². The van der Waals surface area contributed by atoms with Gasteiger partial charge in [-0.15, -0.1) is 0 Å². The normalized spacial score (nSPS) is 15.7. The first kappa shape index (κ1) is 19.4. The van der Waals surface area contributed by atoms with Crippen molar-refractivity contribution in [3.63, 3.8) is 0 Å². The summed E-state index contributed by atoms with van der Waals surface area (Å²) in [5.41, 5.74) is 6.08. The highest BCUT2D eigenvalue weighted by Crippen LogP contribution is 2.38. The van der Waals surface area contributed by atoms with Gasteiger partial charge in [0.2, 0.25) is 0 Å². The second-order valence-electron chi connectivity index (χ2n) is 7.90. The summed E-state index contributed by atoms with van der Waals surface area (Å²) < 4.78 is 13.6. The molecule has 4 nitrogen and oxygen atoms in total. The van der Waals surface area contributed by atoms with Crippen LogP contribution >= 0.6 is 0 Å². The van der Waals surface area contributed by atoms with Crippen molar-refractivity contribution in [1.29, 1.82) is 0 Å². The molecule has 0 unspecified atom stereocenters. The largest absolute Gasteiger partial charge is 0.356 e. The van der Waals surface area contributed by atoms with E-state index < -0.39 is 0 Å². The third kappa shape index (κ3) is 3.46. The molecule has 0 spiro atoms. The van der Waals surface area contributed by atoms with E-state index in [4.69, 9.17) is 0 Å². The van der Waals surface area contributed by atoms with Crippen LogP contribution in [-0.4, -0.2) is 22.5 Å². The number of hydrogen-bond acceptors (Lipinski definition) is 1. The number of rotatable bonds is 3. The van der Waals surface area contributed by atoms with E-state index in [2.05, 4.69) is 29.4 Å². The van der Waals surface area contributed by atoms with E-state index in [1.54, 1.807) is 12.1 Å². The molecule has 156 valence electrons. The van der Waals surface area contributed by atoms with E-state index in [1.165, 1.54) is 23.1 Å². The van der Waals surface area contributed by atoms with E-state index in [0.717, 1.165) is 40.9 Å². The fourth-order valence-electron chi connectivity index (χ4n) is 4.59. The van der Waals surface area contributed by atoms with Crippen LogP contribution in [0.3, 0.4) is 0 Å². The van der Waals surface area contributed by atoms with Crippen LogP contribution in [0.5, 0.6) is 0 Å². The molecule has 2 heterocycles. The first-order valence-corrected chi connectivity index (χ1v) is 10.7. The van der Waals surface area contributed by atoms with Gasteiger partial charge in [0.25, 0.3) is 0 Å². The maximum absolute atomic E-state index is 13.6. The highest BCUT2D eigenvalue weighted by molar-refractivity contribution is 5.92. The molecule has 1 aliphatic rings. The van der Waals surface area contributed by atoms with Crippen LogP contribution in [0.25, 0.3) is 10.9 Å². The third-order valence-electron chi connectivity index (χ3n) is 6.12. The van der Waals surface area contributed by atoms with Crippen LogP contribution in [0.1, 0.15) is 35.3 Å². The summed E-state index contributed by atoms with van der Waals surface area (Å²) >= 11 is 0. The SMILES string of the molecule is CCc1ccccc1NC(=O)N1CCc2c([nH]c3ccccc23)[C@@H]1c1ccc(F)cc1. The molecule has 1 atom stereocenters. The Bertz CT molecular complexity index is 1250. The molecule has 2 N–H and O–H groups in total. The Labute approximate surface area is 180 Å². The molecule has 0 saturated heterocycles. The summed E-state index contributed by atoms with van der Waals surface area (Å²) in [5, 5.41) is 4.29. The summed E-state index contributed by atoms with van der Waals surface area (Å²) in [6.07, 6.45) is 1.60. The lowest BCUT2D eigenvalue weighted by Crippen LogP contribution is -2.43. The molecule has 0 saturated carbocycles. The molecule has 0 aliphatic carbocycles. The predicted molar refractivity (Wildman–Crippen MR) is 122 cm³/mol. The summed E-state index contributed by atoms with van der Waals surface area (Å²) in [7, 11) is 0. The molecule has 0 bridgehead atoms. The highest BCUT2D eigenvalue weighted by Gasteiger charge is 2.34. The number of fused-ring (bicyclic) bond motifs is 3. The van der Waals surface area contributed by atoms with Gasteiger partial charge >= 0.3 is 6.03 Å². The number of aromatic amines is 1. The number of halogens is 1. The number of nitrogens with one attached hydrogen (secondary N) is 2. The lowest BCUT2D eigenvalue weighted by molar-refractivity contribution is 0.193. The predicted octanol–water partition coefficient (Wildman–Crippen LogP) is 6.05. The number of carbonyl (C=O) groups is 1. The van der Waals surface area contributed by atoms with Crippen molar-refractivity contribution in [1.82, 2.24) is 9.88 Å². The van der Waals surface area contributed by atoms with Crippen molar-refractivity contribution >= 4 is 22.6 Å². The van der Waals surface area contributed by atoms with Gasteiger partial charge in [0.1, 0.15) is 5.82 Å². The van der Waals surface area contributed by atoms with Gasteiger partial charge in [-0.1, -0.05) is 55.5 Å². The Balaban J connectivity index is 1.57. The number of para-hydroxylation sites is 2. The van der Waals surface area contributed by atoms with Crippen molar-refractivity contribution in [2.75, 3.05) is 11.9 Å². The second kappa shape index (κ2) is 7.91. The average molecular weight is 413 g/mol. The smallest absolute Gasteiger partial charge is 0.322 e. The maximum Gasteiger partial charge on any atom is 0.322 e. The van der Waals surface area contributed by atoms with Crippen molar-refractivity contribution < 1.29 is 9.18 Å². The lowest BCUT2D eigenvalue weighted by Gasteiger charge is -2.36. The zero-order chi connectivity index (χ0) is 21.4. The zero-order valence-corrected chi connectivity index (χ0v) is 17.4. The molecule has 31 heavy (non-hydrogen) atoms. The number of carbonyl (C=O) groups excluding carboxylic acids is 1. The summed E-state index contributed by atoms with van der Waals surface area (Å²) in [5.74, 6) is -0.288. The summed E-state index contributed by atoms with van der Waals surface area (Å²) in [4.78, 5) is 18.8. The van der Waals surface area contributed by atoms with Crippen LogP contribution < -0.4 is 5.32 Å². The molecule has 0 fully saturated rings. The summed E-state index contributed by atoms with van der Waals surface area (Å²) in [6.45, 7) is 2.65. The fourth-order valence-corrected chi connectivity index (χ4v) is 4.59. The fraction of sp³-hybridized carbons (Fsp3) is 0.192. The van der Waals surface area contributed by atoms with E-state index >= 15 is 0 Å². The minimum absolute atomic E-state index is 0.153. The number of aromatic nitrogens is 1. The van der Waals surface area contributed by atoms with E-state index in [0.29, 0.717) is 6.54 Å². The lowest BCUT2D eigenvalue weighted by atomic mass is 9.92. The number of H-pyrrole nitrogens is 1. The molecular formula is C26H24FN3O. The van der Waals surface area contributed by atoms with Gasteiger partial charge in [-0.3, -0.25) is 0 Å². The van der Waals surface area contributed by atoms with Crippen LogP contribution in [0, 0.1) is 5.82 Å². The van der Waals surface area contributed by atoms with Gasteiger partial charge in [0.15, 0.2) is 0 Å². The molecule has 1 aromatic heterocycles. The molecule has 4 aromatic rings. The Kier molecular flexibility index (Phi) is 4.94. The van der Waals surface area contributed by atoms with Crippen LogP contribution in [-0.2, 0) is 12.8 Å². The number of hydrogen-bond donors (Lipinski definition) is 2. The molecule has 5 rings (SSSR count). The number of aryl methyl sites for hydroxylation is 1. The monoisotopic (exact) mass is 413 g/mol. The van der Waals surface area contributed by atoms with E-state index in [9.17, 15) is 9.18 Å². The van der Waals surface area contributed by atoms with Gasteiger partial charge < -0.3 is 15.2 Å². The topological polar surface area (TPSA) is 48.1 Å². The van der Waals surface area contributed by atoms with Crippen molar-refractivity contribution in [2.45, 2.75) is 25.8 Å². The molecule has 5 heteroatoms. The van der Waals surface area contributed by atoms with E-state index in [-0.39, 0.29) is 17.9 Å². The molecular weight excluding hydrogens is 389 g/mol. The van der Waals surface area contributed by atoms with Gasteiger partial charge in [-0.05, 0) is 53.8 Å². The first-order valence-electron chi connectivity index (χ1n) is 10.7. The number of anilines is 1. The van der Waals surface area contributed by atoms with Gasteiger partial charge in [0.05, 0.1) is 6.04 Å². The molecule has 1 aliphatic heterocycles. The van der Waals surface area contributed by atoms with E-state index in [1.807, 2.05) is 41.3 Å². The maximum atomic E-state index is 13.6. The first-order chi connectivity index (χ1) is 15.2. The number of nitrogens with zero attached hydrogens (tertiary/aromatic N) is 1. The standard InChI is InChI=1S/C26H24FN3O/c1-2-17-7-3-5-9-22(17)29-26(31)30-16-15-21-20-8-4-6-10-23(20)28-24(21)25(30)18-11-13-19(27)14-12-18/h3-14,25,28H,2,15-16H2,1H3,(H,29,31)/t25-/m0/s1. The minimum Gasteiger partial charge on any atom is -0.356 e. The summed E-state index contributed by atoms with van der Waals surface area (Å²) in [6, 6.07) is 22.0.